The molecule has 0 radical (unpaired) electrons. The second kappa shape index (κ2) is 7.54. The molecule has 3 amide bonds. The highest BCUT2D eigenvalue weighted by atomic mass is 32.2. The summed E-state index contributed by atoms with van der Waals surface area (Å²) in [7, 11) is 1.56. The second-order valence-electron chi connectivity index (χ2n) is 7.00. The summed E-state index contributed by atoms with van der Waals surface area (Å²) < 4.78 is 11.0. The van der Waals surface area contributed by atoms with Crippen molar-refractivity contribution >= 4 is 46.4 Å². The van der Waals surface area contributed by atoms with Gasteiger partial charge in [0.25, 0.3) is 17.7 Å². The summed E-state index contributed by atoms with van der Waals surface area (Å²) in [6, 6.07) is 15.2. The van der Waals surface area contributed by atoms with E-state index in [-0.39, 0.29) is 11.1 Å². The lowest BCUT2D eigenvalue weighted by atomic mass is 10.0. The van der Waals surface area contributed by atoms with Gasteiger partial charge in [-0.1, -0.05) is 6.07 Å². The van der Waals surface area contributed by atoms with E-state index in [1.54, 1.807) is 67.8 Å². The van der Waals surface area contributed by atoms with E-state index in [1.165, 1.54) is 4.90 Å². The maximum Gasteiger partial charge on any atom is 0.271 e. The zero-order valence-electron chi connectivity index (χ0n) is 16.7. The largest absolute Gasteiger partial charge is 0.497 e. The number of methoxy groups -OCH3 is 1. The summed E-state index contributed by atoms with van der Waals surface area (Å²) in [4.78, 5) is 38.2. The Morgan fingerprint density at radius 3 is 2.50 bits per heavy atom. The molecule has 1 aromatic heterocycles. The average molecular weight is 445 g/mol. The Morgan fingerprint density at radius 1 is 1.00 bits per heavy atom. The van der Waals surface area contributed by atoms with Crippen LogP contribution in [-0.2, 0) is 4.79 Å². The van der Waals surface area contributed by atoms with Crippen molar-refractivity contribution in [3.63, 3.8) is 0 Å². The molecule has 2 aliphatic heterocycles. The third-order valence-electron chi connectivity index (χ3n) is 5.07. The molecule has 2 N–H and O–H groups in total. The minimum absolute atomic E-state index is 0.0903. The lowest BCUT2D eigenvalue weighted by Gasteiger charge is -2.14. The number of thioether (sulfide) groups is 1. The van der Waals surface area contributed by atoms with Crippen LogP contribution in [0.4, 0.5) is 5.69 Å². The van der Waals surface area contributed by atoms with Crippen molar-refractivity contribution in [3.8, 4) is 17.1 Å². The summed E-state index contributed by atoms with van der Waals surface area (Å²) in [6.45, 7) is 0. The molecule has 0 aliphatic carbocycles. The number of carbonyl (C=O) groups is 3. The van der Waals surface area contributed by atoms with E-state index in [0.29, 0.717) is 44.6 Å². The maximum atomic E-state index is 12.9. The number of hydrogen-bond acceptors (Lipinski definition) is 7. The Bertz CT molecular complexity index is 1340. The third kappa shape index (κ3) is 3.28. The van der Waals surface area contributed by atoms with Crippen molar-refractivity contribution in [1.82, 2.24) is 5.32 Å². The van der Waals surface area contributed by atoms with Gasteiger partial charge in [-0.05, 0) is 60.3 Å². The van der Waals surface area contributed by atoms with Gasteiger partial charge in [-0.3, -0.25) is 30.0 Å². The van der Waals surface area contributed by atoms with Gasteiger partial charge in [-0.2, -0.15) is 0 Å². The normalized spacial score (nSPS) is 16.7. The molecule has 1 saturated heterocycles. The van der Waals surface area contributed by atoms with Crippen molar-refractivity contribution < 1.29 is 23.5 Å². The summed E-state index contributed by atoms with van der Waals surface area (Å²) in [5.41, 5.74) is 1.84. The molecule has 0 unspecified atom stereocenters. The minimum Gasteiger partial charge on any atom is -0.497 e. The van der Waals surface area contributed by atoms with Crippen molar-refractivity contribution in [3.05, 3.63) is 76.4 Å². The van der Waals surface area contributed by atoms with Crippen LogP contribution < -0.4 is 15.0 Å². The molecule has 2 aliphatic rings. The Labute approximate surface area is 186 Å². The molecule has 0 saturated carbocycles. The van der Waals surface area contributed by atoms with Crippen LogP contribution in [0.1, 0.15) is 26.5 Å². The van der Waals surface area contributed by atoms with E-state index in [4.69, 9.17) is 14.6 Å². The Kier molecular flexibility index (Phi) is 4.67. The molecule has 8 nitrogen and oxygen atoms in total. The first-order chi connectivity index (χ1) is 15.4. The highest BCUT2D eigenvalue weighted by Gasteiger charge is 2.34. The molecule has 3 heterocycles. The SMILES string of the molecule is COc1ccc(N2C(=N)S/C(=C/c3ccc(-c4ccc5c(c4)C(=O)NC5=O)o3)C2=O)cc1. The number of anilines is 1. The molecule has 158 valence electrons. The zero-order valence-corrected chi connectivity index (χ0v) is 17.5. The van der Waals surface area contributed by atoms with Crippen LogP contribution in [-0.4, -0.2) is 30.0 Å². The van der Waals surface area contributed by atoms with E-state index in [2.05, 4.69) is 5.32 Å². The van der Waals surface area contributed by atoms with Gasteiger partial charge in [0, 0.05) is 11.6 Å². The molecule has 0 bridgehead atoms. The number of nitrogens with one attached hydrogen (secondary N) is 2. The lowest BCUT2D eigenvalue weighted by Crippen LogP contribution is -2.27. The van der Waals surface area contributed by atoms with E-state index in [0.717, 1.165) is 11.8 Å². The topological polar surface area (TPSA) is 113 Å². The van der Waals surface area contributed by atoms with Crippen molar-refractivity contribution in [2.75, 3.05) is 12.0 Å². The smallest absolute Gasteiger partial charge is 0.271 e. The zero-order chi connectivity index (χ0) is 22.4. The number of rotatable bonds is 4. The van der Waals surface area contributed by atoms with Gasteiger partial charge < -0.3 is 9.15 Å². The predicted octanol–water partition coefficient (Wildman–Crippen LogP) is 3.89. The average Bonchev–Trinajstić information content (AvgIpc) is 3.45. The number of furan rings is 1. The number of amidine groups is 1. The molecule has 2 aromatic carbocycles. The van der Waals surface area contributed by atoms with Crippen LogP contribution in [0.3, 0.4) is 0 Å². The Balaban J connectivity index is 1.40. The lowest BCUT2D eigenvalue weighted by molar-refractivity contribution is -0.113. The molecular formula is C23H15N3O5S. The van der Waals surface area contributed by atoms with Crippen LogP contribution in [0.5, 0.6) is 5.75 Å². The number of carbonyl (C=O) groups excluding carboxylic acids is 3. The number of fused-ring (bicyclic) bond motifs is 1. The summed E-state index contributed by atoms with van der Waals surface area (Å²) in [6.07, 6.45) is 1.58. The van der Waals surface area contributed by atoms with Crippen LogP contribution in [0.25, 0.3) is 17.4 Å². The van der Waals surface area contributed by atoms with Gasteiger partial charge in [0.05, 0.1) is 28.8 Å². The Morgan fingerprint density at radius 2 is 1.75 bits per heavy atom. The van der Waals surface area contributed by atoms with Crippen LogP contribution in [0, 0.1) is 5.41 Å². The number of imide groups is 1. The first-order valence-corrected chi connectivity index (χ1v) is 10.3. The number of ether oxygens (including phenoxy) is 1. The monoisotopic (exact) mass is 445 g/mol. The van der Waals surface area contributed by atoms with E-state index < -0.39 is 11.8 Å². The standard InChI is InChI=1S/C23H15N3O5S/c1-30-14-5-3-13(4-6-14)26-22(29)19(32-23(26)24)11-15-7-9-18(31-15)12-2-8-16-17(10-12)21(28)25-20(16)27/h2-11,24H,1H3,(H,25,27,28)/b19-11+,24-23?. The number of hydrogen-bond donors (Lipinski definition) is 2. The molecule has 1 fully saturated rings. The molecule has 3 aromatic rings. The summed E-state index contributed by atoms with van der Waals surface area (Å²) in [5, 5.41) is 10.6. The quantitative estimate of drug-likeness (QED) is 0.465. The van der Waals surface area contributed by atoms with Crippen LogP contribution in [0.15, 0.2) is 63.9 Å². The van der Waals surface area contributed by atoms with Gasteiger partial charge >= 0.3 is 0 Å². The fourth-order valence-corrected chi connectivity index (χ4v) is 4.33. The first-order valence-electron chi connectivity index (χ1n) is 9.51. The highest BCUT2D eigenvalue weighted by Crippen LogP contribution is 2.36. The Hall–Kier alpha value is -4.11. The highest BCUT2D eigenvalue weighted by molar-refractivity contribution is 8.19. The van der Waals surface area contributed by atoms with Gasteiger partial charge in [-0.25, -0.2) is 0 Å². The fraction of sp³-hybridized carbons (Fsp3) is 0.0435. The molecule has 9 heteroatoms. The molecule has 0 atom stereocenters. The number of nitrogens with zero attached hydrogens (tertiary/aromatic N) is 1. The maximum absolute atomic E-state index is 12.9. The van der Waals surface area contributed by atoms with Gasteiger partial charge in [-0.15, -0.1) is 0 Å². The van der Waals surface area contributed by atoms with Crippen molar-refractivity contribution in [2.24, 2.45) is 0 Å². The van der Waals surface area contributed by atoms with Crippen LogP contribution in [0.2, 0.25) is 0 Å². The van der Waals surface area contributed by atoms with Gasteiger partial charge in [0.2, 0.25) is 0 Å². The molecule has 5 rings (SSSR count). The van der Waals surface area contributed by atoms with E-state index >= 15 is 0 Å². The van der Waals surface area contributed by atoms with Gasteiger partial charge in [0.15, 0.2) is 5.17 Å². The second-order valence-corrected chi connectivity index (χ2v) is 8.03. The first kappa shape index (κ1) is 19.8. The number of amides is 3. The number of benzene rings is 2. The third-order valence-corrected chi connectivity index (χ3v) is 5.96. The van der Waals surface area contributed by atoms with Crippen molar-refractivity contribution in [1.29, 1.82) is 5.41 Å². The molecular weight excluding hydrogens is 430 g/mol. The molecule has 32 heavy (non-hydrogen) atoms. The minimum atomic E-state index is -0.439. The summed E-state index contributed by atoms with van der Waals surface area (Å²) >= 11 is 1.04. The fourth-order valence-electron chi connectivity index (χ4n) is 3.49. The van der Waals surface area contributed by atoms with E-state index in [9.17, 15) is 14.4 Å². The summed E-state index contributed by atoms with van der Waals surface area (Å²) in [5.74, 6) is 0.404. The van der Waals surface area contributed by atoms with Crippen LogP contribution >= 0.6 is 11.8 Å². The van der Waals surface area contributed by atoms with Gasteiger partial charge in [0.1, 0.15) is 17.3 Å². The van der Waals surface area contributed by atoms with Crippen molar-refractivity contribution in [2.45, 2.75) is 0 Å². The predicted molar refractivity (Wildman–Crippen MR) is 120 cm³/mol. The molecule has 0 spiro atoms. The van der Waals surface area contributed by atoms with E-state index in [1.807, 2.05) is 0 Å².